The Hall–Kier alpha value is -4.46. The van der Waals surface area contributed by atoms with Crippen molar-refractivity contribution in [3.63, 3.8) is 0 Å². The summed E-state index contributed by atoms with van der Waals surface area (Å²) in [6, 6.07) is 15.5. The van der Waals surface area contributed by atoms with Crippen molar-refractivity contribution >= 4 is 29.1 Å². The van der Waals surface area contributed by atoms with E-state index in [1.54, 1.807) is 74.6 Å². The van der Waals surface area contributed by atoms with Crippen LogP contribution in [0.25, 0.3) is 5.76 Å². The van der Waals surface area contributed by atoms with Crippen LogP contribution in [-0.2, 0) is 14.3 Å². The smallest absolute Gasteiger partial charge is 0.338 e. The Kier molecular flexibility index (Phi) is 7.90. The molecular formula is C30H30N2O6. The normalized spacial score (nSPS) is 16.8. The number of aromatic nitrogens is 1. The fourth-order valence-corrected chi connectivity index (χ4v) is 4.14. The van der Waals surface area contributed by atoms with Gasteiger partial charge in [0.25, 0.3) is 11.7 Å². The van der Waals surface area contributed by atoms with Gasteiger partial charge in [-0.3, -0.25) is 19.5 Å². The van der Waals surface area contributed by atoms with Crippen LogP contribution < -0.4 is 9.64 Å². The number of hydrogen-bond donors (Lipinski definition) is 1. The van der Waals surface area contributed by atoms with E-state index in [0.717, 1.165) is 0 Å². The van der Waals surface area contributed by atoms with Crippen molar-refractivity contribution in [1.82, 2.24) is 4.98 Å². The van der Waals surface area contributed by atoms with E-state index in [2.05, 4.69) is 4.98 Å². The summed E-state index contributed by atoms with van der Waals surface area (Å²) < 4.78 is 11.0. The van der Waals surface area contributed by atoms with Gasteiger partial charge in [-0.1, -0.05) is 26.0 Å². The minimum Gasteiger partial charge on any atom is -0.507 e. The zero-order valence-corrected chi connectivity index (χ0v) is 21.8. The van der Waals surface area contributed by atoms with Crippen LogP contribution in [0.15, 0.2) is 78.6 Å². The summed E-state index contributed by atoms with van der Waals surface area (Å²) in [5.74, 6) is -1.55. The molecule has 1 aromatic heterocycles. The minimum absolute atomic E-state index is 0.0750. The molecule has 1 unspecified atom stereocenters. The van der Waals surface area contributed by atoms with Crippen LogP contribution in [0, 0.1) is 5.92 Å². The third-order valence-electron chi connectivity index (χ3n) is 5.86. The Morgan fingerprint density at radius 2 is 1.74 bits per heavy atom. The summed E-state index contributed by atoms with van der Waals surface area (Å²) in [5.41, 5.74) is 1.37. The fourth-order valence-electron chi connectivity index (χ4n) is 4.14. The quantitative estimate of drug-likeness (QED) is 0.188. The van der Waals surface area contributed by atoms with Gasteiger partial charge in [0, 0.05) is 23.6 Å². The lowest BCUT2D eigenvalue weighted by Crippen LogP contribution is -2.29. The zero-order valence-electron chi connectivity index (χ0n) is 21.8. The van der Waals surface area contributed by atoms with Crippen LogP contribution in [0.5, 0.6) is 5.75 Å². The van der Waals surface area contributed by atoms with Crippen LogP contribution in [0.1, 0.15) is 55.2 Å². The lowest BCUT2D eigenvalue weighted by atomic mass is 9.96. The van der Waals surface area contributed by atoms with Crippen molar-refractivity contribution < 1.29 is 29.0 Å². The number of amides is 1. The summed E-state index contributed by atoms with van der Waals surface area (Å²) in [6.45, 7) is 8.11. The molecule has 38 heavy (non-hydrogen) atoms. The molecule has 0 saturated carbocycles. The van der Waals surface area contributed by atoms with Gasteiger partial charge in [0.1, 0.15) is 11.5 Å². The second-order valence-corrected chi connectivity index (χ2v) is 9.69. The van der Waals surface area contributed by atoms with Crippen molar-refractivity contribution in [2.24, 2.45) is 5.92 Å². The molecule has 2 heterocycles. The second-order valence-electron chi connectivity index (χ2n) is 9.69. The van der Waals surface area contributed by atoms with Gasteiger partial charge >= 0.3 is 5.97 Å². The fraction of sp³-hybridized carbons (Fsp3) is 0.267. The van der Waals surface area contributed by atoms with E-state index in [1.807, 2.05) is 13.8 Å². The number of aliphatic hydroxyl groups excluding tert-OH is 1. The highest BCUT2D eigenvalue weighted by molar-refractivity contribution is 6.51. The van der Waals surface area contributed by atoms with E-state index < -0.39 is 23.7 Å². The maximum Gasteiger partial charge on any atom is 0.338 e. The van der Waals surface area contributed by atoms with E-state index in [9.17, 15) is 19.5 Å². The van der Waals surface area contributed by atoms with Crippen molar-refractivity contribution in [3.05, 3.63) is 95.3 Å². The Labute approximate surface area is 221 Å². The number of anilines is 1. The third kappa shape index (κ3) is 5.59. The molecule has 0 spiro atoms. The van der Waals surface area contributed by atoms with Crippen molar-refractivity contribution in [1.29, 1.82) is 0 Å². The Bertz CT molecular complexity index is 1360. The summed E-state index contributed by atoms with van der Waals surface area (Å²) in [7, 11) is 0. The predicted molar refractivity (Wildman–Crippen MR) is 143 cm³/mol. The average Bonchev–Trinajstić information content (AvgIpc) is 3.17. The molecule has 1 atom stereocenters. The zero-order chi connectivity index (χ0) is 27.4. The number of aliphatic hydroxyl groups is 1. The largest absolute Gasteiger partial charge is 0.507 e. The van der Waals surface area contributed by atoms with Crippen molar-refractivity contribution in [3.8, 4) is 5.75 Å². The van der Waals surface area contributed by atoms with Crippen LogP contribution in [-0.4, -0.2) is 40.5 Å². The number of benzene rings is 2. The van der Waals surface area contributed by atoms with E-state index in [-0.39, 0.29) is 23.0 Å². The Balaban J connectivity index is 1.79. The monoisotopic (exact) mass is 514 g/mol. The number of hydrogen-bond acceptors (Lipinski definition) is 7. The molecule has 2 aromatic carbocycles. The van der Waals surface area contributed by atoms with Crippen LogP contribution in [0.3, 0.4) is 0 Å². The highest BCUT2D eigenvalue weighted by atomic mass is 16.5. The van der Waals surface area contributed by atoms with Gasteiger partial charge in [0.15, 0.2) is 0 Å². The second kappa shape index (κ2) is 11.3. The molecule has 1 fully saturated rings. The van der Waals surface area contributed by atoms with Gasteiger partial charge < -0.3 is 14.6 Å². The first-order valence-electron chi connectivity index (χ1n) is 12.4. The molecule has 1 N–H and O–H groups in total. The van der Waals surface area contributed by atoms with Crippen molar-refractivity contribution in [2.75, 3.05) is 11.5 Å². The molecule has 196 valence electrons. The summed E-state index contributed by atoms with van der Waals surface area (Å²) in [6.07, 6.45) is 2.79. The van der Waals surface area contributed by atoms with E-state index in [0.29, 0.717) is 35.1 Å². The predicted octanol–water partition coefficient (Wildman–Crippen LogP) is 5.31. The average molecular weight is 515 g/mol. The number of nitrogens with zero attached hydrogens (tertiary/aromatic N) is 2. The topological polar surface area (TPSA) is 106 Å². The molecule has 1 aliphatic rings. The molecule has 8 nitrogen and oxygen atoms in total. The maximum absolute atomic E-state index is 13.4. The summed E-state index contributed by atoms with van der Waals surface area (Å²) in [5, 5.41) is 11.3. The van der Waals surface area contributed by atoms with Gasteiger partial charge in [0.2, 0.25) is 0 Å². The van der Waals surface area contributed by atoms with Gasteiger partial charge in [-0.2, -0.15) is 0 Å². The first kappa shape index (κ1) is 26.6. The van der Waals surface area contributed by atoms with E-state index in [4.69, 9.17) is 9.47 Å². The number of Topliss-reactive ketones (excluding diaryl/α,β-unsaturated/α-hetero) is 1. The number of ketones is 1. The molecule has 0 radical (unpaired) electrons. The minimum atomic E-state index is -0.961. The molecule has 3 aromatic rings. The highest BCUT2D eigenvalue weighted by Crippen LogP contribution is 2.42. The van der Waals surface area contributed by atoms with E-state index >= 15 is 0 Å². The number of carbonyl (C=O) groups is 3. The van der Waals surface area contributed by atoms with Crippen LogP contribution in [0.4, 0.5) is 5.69 Å². The van der Waals surface area contributed by atoms with Gasteiger partial charge in [-0.15, -0.1) is 0 Å². The number of ether oxygens (including phenoxy) is 2. The number of carbonyl (C=O) groups excluding carboxylic acids is 3. The SMILES string of the molecule is CC(C)COc1ccc(/C(O)=C2\C(=O)C(=O)N(c3cccc(C(=O)OC(C)C)c3)C2c2cccnc2)cc1. The summed E-state index contributed by atoms with van der Waals surface area (Å²) in [4.78, 5) is 44.7. The third-order valence-corrected chi connectivity index (χ3v) is 5.86. The number of esters is 1. The van der Waals surface area contributed by atoms with Gasteiger partial charge in [0.05, 0.1) is 29.9 Å². The highest BCUT2D eigenvalue weighted by Gasteiger charge is 2.47. The lowest BCUT2D eigenvalue weighted by Gasteiger charge is -2.25. The molecule has 1 saturated heterocycles. The molecule has 0 bridgehead atoms. The van der Waals surface area contributed by atoms with E-state index in [1.165, 1.54) is 17.2 Å². The molecular weight excluding hydrogens is 484 g/mol. The molecule has 0 aliphatic carbocycles. The Morgan fingerprint density at radius 3 is 2.37 bits per heavy atom. The van der Waals surface area contributed by atoms with Gasteiger partial charge in [-0.25, -0.2) is 4.79 Å². The van der Waals surface area contributed by atoms with Crippen LogP contribution >= 0.6 is 0 Å². The molecule has 4 rings (SSSR count). The standard InChI is InChI=1S/C30H30N2O6/c1-18(2)17-37-24-12-10-20(11-13-24)27(33)25-26(22-8-6-14-31-16-22)32(29(35)28(25)34)23-9-5-7-21(15-23)30(36)38-19(3)4/h5-16,18-19,26,33H,17H2,1-4H3/b27-25+. The maximum atomic E-state index is 13.4. The number of pyridine rings is 1. The number of rotatable bonds is 8. The van der Waals surface area contributed by atoms with Crippen LogP contribution in [0.2, 0.25) is 0 Å². The first-order chi connectivity index (χ1) is 18.2. The molecule has 8 heteroatoms. The summed E-state index contributed by atoms with van der Waals surface area (Å²) >= 11 is 0. The first-order valence-corrected chi connectivity index (χ1v) is 12.4. The molecule has 1 amide bonds. The van der Waals surface area contributed by atoms with Crippen molar-refractivity contribution in [2.45, 2.75) is 39.8 Å². The lowest BCUT2D eigenvalue weighted by molar-refractivity contribution is -0.132. The Morgan fingerprint density at radius 1 is 1.00 bits per heavy atom. The molecule has 1 aliphatic heterocycles. The van der Waals surface area contributed by atoms with Gasteiger partial charge in [-0.05, 0) is 73.9 Å².